The summed E-state index contributed by atoms with van der Waals surface area (Å²) in [6.07, 6.45) is -0.233. The Morgan fingerprint density at radius 3 is 2.56 bits per heavy atom. The van der Waals surface area contributed by atoms with Crippen LogP contribution in [0.25, 0.3) is 0 Å². The SMILES string of the molecule is Cn1cc(N(C2CN(C(=O)O)CC2CO)[SH](=O)=O)c(F)c1C(=O)Nc1ccc(F)c(Cl)c1. The van der Waals surface area contributed by atoms with Crippen molar-refractivity contribution in [3.63, 3.8) is 0 Å². The topological polar surface area (TPSA) is 132 Å². The third-order valence-electron chi connectivity index (χ3n) is 5.14. The molecule has 0 bridgehead atoms. The molecule has 0 saturated carbocycles. The fourth-order valence-corrected chi connectivity index (χ4v) is 4.62. The number of anilines is 2. The summed E-state index contributed by atoms with van der Waals surface area (Å²) in [6, 6.07) is 2.29. The minimum absolute atomic E-state index is 0.0866. The van der Waals surface area contributed by atoms with Gasteiger partial charge < -0.3 is 25.0 Å². The number of likely N-dealkylation sites (tertiary alicyclic amines) is 1. The monoisotopic (exact) mass is 492 g/mol. The van der Waals surface area contributed by atoms with Gasteiger partial charge in [-0.25, -0.2) is 22.0 Å². The van der Waals surface area contributed by atoms with E-state index in [1.807, 2.05) is 0 Å². The molecule has 1 aromatic carbocycles. The van der Waals surface area contributed by atoms with Crippen molar-refractivity contribution in [2.24, 2.45) is 13.0 Å². The molecule has 1 aliphatic heterocycles. The fraction of sp³-hybridized carbons (Fsp3) is 0.333. The number of halogens is 3. The largest absolute Gasteiger partial charge is 0.465 e. The van der Waals surface area contributed by atoms with Crippen LogP contribution in [0.15, 0.2) is 24.4 Å². The van der Waals surface area contributed by atoms with Crippen LogP contribution in [0.5, 0.6) is 0 Å². The molecule has 10 nitrogen and oxygen atoms in total. The first-order valence-corrected chi connectivity index (χ1v) is 10.7. The Morgan fingerprint density at radius 2 is 2.00 bits per heavy atom. The number of aliphatic hydroxyl groups is 1. The summed E-state index contributed by atoms with van der Waals surface area (Å²) < 4.78 is 54.3. The maximum Gasteiger partial charge on any atom is 0.407 e. The van der Waals surface area contributed by atoms with E-state index < -0.39 is 64.5 Å². The highest BCUT2D eigenvalue weighted by atomic mass is 35.5. The van der Waals surface area contributed by atoms with Crippen LogP contribution in [0.2, 0.25) is 5.02 Å². The number of aliphatic hydroxyl groups excluding tert-OH is 1. The molecule has 1 aliphatic rings. The van der Waals surface area contributed by atoms with E-state index >= 15 is 4.39 Å². The van der Waals surface area contributed by atoms with Gasteiger partial charge in [0.1, 0.15) is 17.2 Å². The number of hydrogen-bond donors (Lipinski definition) is 4. The molecule has 2 aromatic rings. The van der Waals surface area contributed by atoms with E-state index in [2.05, 4.69) is 5.32 Å². The molecule has 1 fully saturated rings. The van der Waals surface area contributed by atoms with E-state index in [9.17, 15) is 32.6 Å². The summed E-state index contributed by atoms with van der Waals surface area (Å²) in [4.78, 5) is 24.8. The second kappa shape index (κ2) is 9.30. The van der Waals surface area contributed by atoms with Crippen LogP contribution in [0.4, 0.5) is 25.0 Å². The lowest BCUT2D eigenvalue weighted by Crippen LogP contribution is -2.42. The summed E-state index contributed by atoms with van der Waals surface area (Å²) >= 11 is 5.67. The Morgan fingerprint density at radius 1 is 1.31 bits per heavy atom. The highest BCUT2D eigenvalue weighted by molar-refractivity contribution is 7.74. The summed E-state index contributed by atoms with van der Waals surface area (Å²) in [5, 5.41) is 20.9. The van der Waals surface area contributed by atoms with E-state index in [4.69, 9.17) is 11.6 Å². The molecule has 2 heterocycles. The van der Waals surface area contributed by atoms with Gasteiger partial charge in [-0.05, 0) is 18.2 Å². The third kappa shape index (κ3) is 4.49. The average Bonchev–Trinajstić information content (AvgIpc) is 3.26. The van der Waals surface area contributed by atoms with E-state index in [0.717, 1.165) is 27.8 Å². The number of amides is 2. The van der Waals surface area contributed by atoms with E-state index in [1.165, 1.54) is 13.1 Å². The van der Waals surface area contributed by atoms with Crippen molar-refractivity contribution in [1.29, 1.82) is 0 Å². The molecule has 2 amide bonds. The molecule has 0 aliphatic carbocycles. The lowest BCUT2D eigenvalue weighted by molar-refractivity contribution is 0.101. The molecule has 14 heteroatoms. The predicted octanol–water partition coefficient (Wildman–Crippen LogP) is 1.51. The van der Waals surface area contributed by atoms with Crippen molar-refractivity contribution in [3.8, 4) is 0 Å². The molecule has 32 heavy (non-hydrogen) atoms. The van der Waals surface area contributed by atoms with Crippen LogP contribution in [-0.4, -0.2) is 65.8 Å². The molecule has 174 valence electrons. The van der Waals surface area contributed by atoms with Crippen molar-refractivity contribution in [1.82, 2.24) is 9.47 Å². The Labute approximate surface area is 187 Å². The van der Waals surface area contributed by atoms with Gasteiger partial charge in [-0.2, -0.15) is 0 Å². The lowest BCUT2D eigenvalue weighted by Gasteiger charge is -2.27. The molecule has 0 spiro atoms. The number of rotatable bonds is 6. The third-order valence-corrected chi connectivity index (χ3v) is 6.30. The average molecular weight is 493 g/mol. The zero-order valence-electron chi connectivity index (χ0n) is 16.5. The summed E-state index contributed by atoms with van der Waals surface area (Å²) in [5.74, 6) is -3.62. The number of carboxylic acid groups (broad SMARTS) is 1. The highest BCUT2D eigenvalue weighted by Crippen LogP contribution is 2.32. The second-order valence-electron chi connectivity index (χ2n) is 7.15. The maximum atomic E-state index is 15.3. The zero-order chi connectivity index (χ0) is 23.7. The minimum Gasteiger partial charge on any atom is -0.465 e. The lowest BCUT2D eigenvalue weighted by atomic mass is 10.1. The number of hydrogen-bond acceptors (Lipinski definition) is 5. The fourth-order valence-electron chi connectivity index (χ4n) is 3.62. The van der Waals surface area contributed by atoms with Gasteiger partial charge in [0.2, 0.25) is 10.9 Å². The number of nitrogens with one attached hydrogen (secondary N) is 1. The number of thiol groups is 1. The van der Waals surface area contributed by atoms with Crippen LogP contribution in [-0.2, 0) is 17.9 Å². The van der Waals surface area contributed by atoms with E-state index in [1.54, 1.807) is 0 Å². The minimum atomic E-state index is -3.45. The van der Waals surface area contributed by atoms with Gasteiger partial charge in [0.25, 0.3) is 5.91 Å². The Kier molecular flexibility index (Phi) is 6.91. The summed E-state index contributed by atoms with van der Waals surface area (Å²) in [7, 11) is -2.14. The Bertz CT molecular complexity index is 1130. The molecule has 1 aromatic heterocycles. The van der Waals surface area contributed by atoms with Gasteiger partial charge in [-0.15, -0.1) is 0 Å². The molecule has 2 atom stereocenters. The van der Waals surface area contributed by atoms with Gasteiger partial charge in [0.15, 0.2) is 5.82 Å². The Hall–Kier alpha value is -2.90. The van der Waals surface area contributed by atoms with Crippen molar-refractivity contribution in [2.45, 2.75) is 6.04 Å². The second-order valence-corrected chi connectivity index (χ2v) is 8.46. The van der Waals surface area contributed by atoms with Gasteiger partial charge >= 0.3 is 6.09 Å². The molecule has 1 saturated heterocycles. The van der Waals surface area contributed by atoms with Gasteiger partial charge in [-0.1, -0.05) is 11.6 Å². The zero-order valence-corrected chi connectivity index (χ0v) is 18.2. The van der Waals surface area contributed by atoms with Crippen LogP contribution in [0.1, 0.15) is 10.5 Å². The summed E-state index contributed by atoms with van der Waals surface area (Å²) in [5.41, 5.74) is -0.902. The van der Waals surface area contributed by atoms with Crippen LogP contribution >= 0.6 is 11.6 Å². The smallest absolute Gasteiger partial charge is 0.407 e. The number of carbonyl (C=O) groups excluding carboxylic acids is 1. The molecular formula is C18H19ClF2N4O6S. The number of aromatic nitrogens is 1. The molecule has 3 rings (SSSR count). The van der Waals surface area contributed by atoms with Crippen LogP contribution in [0, 0.1) is 17.6 Å². The summed E-state index contributed by atoms with van der Waals surface area (Å²) in [6.45, 7) is -0.946. The predicted molar refractivity (Wildman–Crippen MR) is 111 cm³/mol. The molecular weight excluding hydrogens is 474 g/mol. The molecule has 3 N–H and O–H groups in total. The van der Waals surface area contributed by atoms with Gasteiger partial charge in [0, 0.05) is 44.5 Å². The van der Waals surface area contributed by atoms with Crippen molar-refractivity contribution >= 4 is 45.9 Å². The normalized spacial score (nSPS) is 18.2. The van der Waals surface area contributed by atoms with Crippen molar-refractivity contribution in [2.75, 3.05) is 29.3 Å². The number of nitrogens with zero attached hydrogens (tertiary/aromatic N) is 3. The van der Waals surface area contributed by atoms with Crippen LogP contribution in [0.3, 0.4) is 0 Å². The van der Waals surface area contributed by atoms with Crippen molar-refractivity contribution < 1.29 is 37.0 Å². The van der Waals surface area contributed by atoms with Crippen LogP contribution < -0.4 is 9.62 Å². The highest BCUT2D eigenvalue weighted by Gasteiger charge is 2.41. The first kappa shape index (κ1) is 23.8. The molecule has 0 radical (unpaired) electrons. The Balaban J connectivity index is 1.95. The van der Waals surface area contributed by atoms with Crippen molar-refractivity contribution in [3.05, 3.63) is 46.7 Å². The first-order valence-electron chi connectivity index (χ1n) is 9.18. The van der Waals surface area contributed by atoms with E-state index in [-0.39, 0.29) is 23.8 Å². The van der Waals surface area contributed by atoms with Gasteiger partial charge in [0.05, 0.1) is 11.1 Å². The van der Waals surface area contributed by atoms with Gasteiger partial charge in [-0.3, -0.25) is 9.10 Å². The van der Waals surface area contributed by atoms with E-state index in [0.29, 0.717) is 4.31 Å². The number of carbonyl (C=O) groups is 2. The standard InChI is InChI=1S/C18H19ClF2N4O6S/c1-23-6-14(25(32(30)31)13-7-24(18(28)29)5-9(13)8-26)15(21)16(23)17(27)22-10-2-3-12(20)11(19)4-10/h2-4,6,9,13,26,32H,5,7-8H2,1H3,(H,22,27)(H,28,29). The molecule has 2 unspecified atom stereocenters. The quantitative estimate of drug-likeness (QED) is 0.452. The number of aryl methyl sites for hydroxylation is 1. The number of benzene rings is 1. The maximum absolute atomic E-state index is 15.3. The first-order chi connectivity index (χ1) is 15.0.